The van der Waals surface area contributed by atoms with Crippen molar-refractivity contribution in [2.75, 3.05) is 19.7 Å². The zero-order valence-corrected chi connectivity index (χ0v) is 13.9. The van der Waals surface area contributed by atoms with Crippen LogP contribution in [0.25, 0.3) is 0 Å². The van der Waals surface area contributed by atoms with Crippen LogP contribution >= 0.6 is 0 Å². The van der Waals surface area contributed by atoms with Gasteiger partial charge >= 0.3 is 12.1 Å². The van der Waals surface area contributed by atoms with Crippen molar-refractivity contribution < 1.29 is 31.1 Å². The van der Waals surface area contributed by atoms with E-state index in [-0.39, 0.29) is 36.5 Å². The summed E-state index contributed by atoms with van der Waals surface area (Å²) in [5.41, 5.74) is 0.183. The molecule has 0 radical (unpaired) electrons. The van der Waals surface area contributed by atoms with Crippen molar-refractivity contribution in [3.63, 3.8) is 0 Å². The van der Waals surface area contributed by atoms with Crippen LogP contribution in [-0.4, -0.2) is 44.6 Å². The highest BCUT2D eigenvalue weighted by Gasteiger charge is 2.44. The molecule has 5 nitrogen and oxygen atoms in total. The van der Waals surface area contributed by atoms with E-state index in [1.807, 2.05) is 0 Å². The van der Waals surface area contributed by atoms with Gasteiger partial charge in [0.05, 0.1) is 23.0 Å². The third-order valence-electron chi connectivity index (χ3n) is 3.85. The lowest BCUT2D eigenvalue weighted by atomic mass is 9.99. The van der Waals surface area contributed by atoms with Gasteiger partial charge in [-0.15, -0.1) is 0 Å². The number of benzene rings is 1. The predicted octanol–water partition coefficient (Wildman–Crippen LogP) is 2.83. The van der Waals surface area contributed by atoms with Gasteiger partial charge in [-0.1, -0.05) is 0 Å². The molecule has 0 amide bonds. The Morgan fingerprint density at radius 1 is 1.29 bits per heavy atom. The number of rotatable bonds is 4. The summed E-state index contributed by atoms with van der Waals surface area (Å²) in [4.78, 5) is 11.4. The number of hydrogen-bond donors (Lipinski definition) is 0. The minimum absolute atomic E-state index is 0.0501. The van der Waals surface area contributed by atoms with Gasteiger partial charge in [0, 0.05) is 13.1 Å². The standard InChI is InChI=1S/C15H18F3NO4S/c1-2-23-14(20)11-5-7-13(8-6-11)24(21,22)19-9-3-4-12(10-19)15(16,17)18/h5-8,12H,2-4,9-10H2,1H3. The van der Waals surface area contributed by atoms with Crippen LogP contribution < -0.4 is 0 Å². The van der Waals surface area contributed by atoms with Crippen LogP contribution in [-0.2, 0) is 14.8 Å². The van der Waals surface area contributed by atoms with Gasteiger partial charge in [-0.3, -0.25) is 0 Å². The first-order valence-electron chi connectivity index (χ1n) is 7.50. The van der Waals surface area contributed by atoms with Crippen molar-refractivity contribution in [1.29, 1.82) is 0 Å². The molecule has 1 aliphatic rings. The van der Waals surface area contributed by atoms with Crippen LogP contribution in [0, 0.1) is 5.92 Å². The van der Waals surface area contributed by atoms with E-state index in [2.05, 4.69) is 0 Å². The molecule has 24 heavy (non-hydrogen) atoms. The third kappa shape index (κ3) is 4.07. The average molecular weight is 365 g/mol. The van der Waals surface area contributed by atoms with Gasteiger partial charge in [0.15, 0.2) is 0 Å². The molecule has 0 aromatic heterocycles. The number of hydrogen-bond acceptors (Lipinski definition) is 4. The molecule has 0 aliphatic carbocycles. The molecule has 1 atom stereocenters. The molecule has 1 aromatic rings. The van der Waals surface area contributed by atoms with E-state index in [0.29, 0.717) is 0 Å². The molecule has 1 fully saturated rings. The summed E-state index contributed by atoms with van der Waals surface area (Å²) in [6.07, 6.45) is -4.33. The fraction of sp³-hybridized carbons (Fsp3) is 0.533. The van der Waals surface area contributed by atoms with Crippen molar-refractivity contribution in [3.05, 3.63) is 29.8 Å². The van der Waals surface area contributed by atoms with Crippen LogP contribution in [0.4, 0.5) is 13.2 Å². The lowest BCUT2D eigenvalue weighted by Crippen LogP contribution is -2.44. The number of carbonyl (C=O) groups excluding carboxylic acids is 1. The number of piperidine rings is 1. The van der Waals surface area contributed by atoms with Gasteiger partial charge in [-0.25, -0.2) is 13.2 Å². The van der Waals surface area contributed by atoms with Crippen molar-refractivity contribution in [1.82, 2.24) is 4.31 Å². The van der Waals surface area contributed by atoms with E-state index in [1.165, 1.54) is 24.3 Å². The quantitative estimate of drug-likeness (QED) is 0.770. The molecule has 1 aromatic carbocycles. The van der Waals surface area contributed by atoms with E-state index < -0.39 is 34.6 Å². The van der Waals surface area contributed by atoms with Crippen LogP contribution in [0.15, 0.2) is 29.2 Å². The van der Waals surface area contributed by atoms with E-state index in [0.717, 1.165) is 4.31 Å². The van der Waals surface area contributed by atoms with Crippen LogP contribution in [0.3, 0.4) is 0 Å². The van der Waals surface area contributed by atoms with Gasteiger partial charge < -0.3 is 4.74 Å². The van der Waals surface area contributed by atoms with Gasteiger partial charge in [-0.2, -0.15) is 17.5 Å². The molecule has 1 saturated heterocycles. The molecule has 0 spiro atoms. The fourth-order valence-electron chi connectivity index (χ4n) is 2.55. The molecule has 2 rings (SSSR count). The molecule has 1 unspecified atom stereocenters. The second-order valence-corrected chi connectivity index (χ2v) is 7.43. The smallest absolute Gasteiger partial charge is 0.393 e. The molecule has 0 saturated carbocycles. The summed E-state index contributed by atoms with van der Waals surface area (Å²) in [6.45, 7) is 1.30. The Morgan fingerprint density at radius 3 is 2.46 bits per heavy atom. The number of esters is 1. The van der Waals surface area contributed by atoms with Crippen molar-refractivity contribution in [2.45, 2.75) is 30.8 Å². The molecule has 0 bridgehead atoms. The number of nitrogens with zero attached hydrogens (tertiary/aromatic N) is 1. The maximum absolute atomic E-state index is 12.8. The molecular weight excluding hydrogens is 347 g/mol. The minimum Gasteiger partial charge on any atom is -0.462 e. The Balaban J connectivity index is 2.19. The van der Waals surface area contributed by atoms with Crippen molar-refractivity contribution in [3.8, 4) is 0 Å². The first-order valence-corrected chi connectivity index (χ1v) is 8.94. The molecule has 1 aliphatic heterocycles. The summed E-state index contributed by atoms with van der Waals surface area (Å²) in [6, 6.07) is 4.99. The summed E-state index contributed by atoms with van der Waals surface area (Å²) < 4.78 is 69.2. The van der Waals surface area contributed by atoms with Crippen molar-refractivity contribution in [2.24, 2.45) is 5.92 Å². The summed E-state index contributed by atoms with van der Waals surface area (Å²) in [7, 11) is -4.03. The van der Waals surface area contributed by atoms with Crippen LogP contribution in [0.5, 0.6) is 0 Å². The second kappa shape index (κ2) is 7.10. The number of ether oxygens (including phenoxy) is 1. The van der Waals surface area contributed by atoms with E-state index in [1.54, 1.807) is 6.92 Å². The second-order valence-electron chi connectivity index (χ2n) is 5.49. The highest BCUT2D eigenvalue weighted by atomic mass is 32.2. The molecule has 9 heteroatoms. The summed E-state index contributed by atoms with van der Waals surface area (Å²) in [5, 5.41) is 0. The van der Waals surface area contributed by atoms with E-state index >= 15 is 0 Å². The van der Waals surface area contributed by atoms with Crippen LogP contribution in [0.1, 0.15) is 30.1 Å². The fourth-order valence-corrected chi connectivity index (χ4v) is 4.08. The molecule has 1 heterocycles. The number of alkyl halides is 3. The maximum atomic E-state index is 12.8. The van der Waals surface area contributed by atoms with E-state index in [4.69, 9.17) is 4.74 Å². The topological polar surface area (TPSA) is 63.7 Å². The minimum atomic E-state index is -4.41. The van der Waals surface area contributed by atoms with Crippen LogP contribution in [0.2, 0.25) is 0 Å². The monoisotopic (exact) mass is 365 g/mol. The third-order valence-corrected chi connectivity index (χ3v) is 5.73. The van der Waals surface area contributed by atoms with Gasteiger partial charge in [0.25, 0.3) is 0 Å². The Hall–Kier alpha value is -1.61. The Kier molecular flexibility index (Phi) is 5.54. The van der Waals surface area contributed by atoms with E-state index in [9.17, 15) is 26.4 Å². The van der Waals surface area contributed by atoms with Gasteiger partial charge in [0.1, 0.15) is 0 Å². The summed E-state index contributed by atoms with van der Waals surface area (Å²) >= 11 is 0. The Bertz CT molecular complexity index is 686. The maximum Gasteiger partial charge on any atom is 0.393 e. The first kappa shape index (κ1) is 18.7. The number of carbonyl (C=O) groups is 1. The Labute approximate surface area is 138 Å². The van der Waals surface area contributed by atoms with Gasteiger partial charge in [0.2, 0.25) is 10.0 Å². The lowest BCUT2D eigenvalue weighted by Gasteiger charge is -2.32. The highest BCUT2D eigenvalue weighted by molar-refractivity contribution is 7.89. The highest BCUT2D eigenvalue weighted by Crippen LogP contribution is 2.34. The SMILES string of the molecule is CCOC(=O)c1ccc(S(=O)(=O)N2CCCC(C(F)(F)F)C2)cc1. The molecular formula is C15H18F3NO4S. The zero-order chi connectivity index (χ0) is 18.0. The molecule has 0 N–H and O–H groups in total. The predicted molar refractivity (Wildman–Crippen MR) is 79.9 cm³/mol. The normalized spacial score (nSPS) is 19.9. The number of sulfonamides is 1. The number of halogens is 3. The first-order chi connectivity index (χ1) is 11.2. The average Bonchev–Trinajstić information content (AvgIpc) is 2.54. The summed E-state index contributed by atoms with van der Waals surface area (Å²) in [5.74, 6) is -2.24. The van der Waals surface area contributed by atoms with Gasteiger partial charge in [-0.05, 0) is 44.0 Å². The Morgan fingerprint density at radius 2 is 1.92 bits per heavy atom. The lowest BCUT2D eigenvalue weighted by molar-refractivity contribution is -0.182. The van der Waals surface area contributed by atoms with Crippen molar-refractivity contribution >= 4 is 16.0 Å². The largest absolute Gasteiger partial charge is 0.462 e. The zero-order valence-electron chi connectivity index (χ0n) is 13.0. The molecule has 134 valence electrons.